The Morgan fingerprint density at radius 3 is 2.59 bits per heavy atom. The zero-order valence-corrected chi connectivity index (χ0v) is 37.5. The van der Waals surface area contributed by atoms with Gasteiger partial charge in [0.05, 0.1) is 41.1 Å². The van der Waals surface area contributed by atoms with Crippen molar-refractivity contribution in [1.82, 2.24) is 24.6 Å². The summed E-state index contributed by atoms with van der Waals surface area (Å²) in [7, 11) is -4.60. The Balaban J connectivity index is 0.846. The summed E-state index contributed by atoms with van der Waals surface area (Å²) in [5.41, 5.74) is 2.52. The van der Waals surface area contributed by atoms with Crippen LogP contribution in [0.5, 0.6) is 11.5 Å². The van der Waals surface area contributed by atoms with Crippen LogP contribution in [0.4, 0.5) is 17.2 Å². The Labute approximate surface area is 374 Å². The van der Waals surface area contributed by atoms with Gasteiger partial charge in [-0.25, -0.2) is 23.1 Å². The minimum Gasteiger partial charge on any atom is -0.455 e. The zero-order valence-electron chi connectivity index (χ0n) is 35.1. The molecule has 1 amide bonds. The third kappa shape index (κ3) is 8.06. The number of H-pyrrole nitrogens is 1. The maximum atomic E-state index is 14.0. The summed E-state index contributed by atoms with van der Waals surface area (Å²) in [6.45, 7) is 6.05. The molecular weight excluding hydrogens is 889 g/mol. The number of fused-ring (bicyclic) bond motifs is 2. The van der Waals surface area contributed by atoms with Crippen LogP contribution in [-0.4, -0.2) is 84.0 Å². The number of hydrogen-bond acceptors (Lipinski definition) is 12. The number of benzene rings is 2. The van der Waals surface area contributed by atoms with Gasteiger partial charge in [0.15, 0.2) is 0 Å². The van der Waals surface area contributed by atoms with Gasteiger partial charge in [0.1, 0.15) is 22.0 Å². The first-order chi connectivity index (χ1) is 30.4. The van der Waals surface area contributed by atoms with E-state index in [-0.39, 0.29) is 34.2 Å². The maximum Gasteiger partial charge on any atom is 0.312 e. The second-order valence-electron chi connectivity index (χ2n) is 18.3. The standard InChI is InChI=1S/C46H51BrN8O7S/c1-29-6-8-30(9-7-29)26-49-43-39(55(57)58)22-35(28-51-43)63(59,60)52-44(56)36-11-10-32(21-40(36)62-34-20-31-12-15-48-42(31)50-27-34)53-16-13-45(14-17-53)23-33(24-45)54-18-19-61-41-25-46(41,54)37-4-2-3-5-38(37)47/h2-5,10-12,15,20-22,27-30,33,41H,6-9,13-14,16-19,23-26H2,1H3,(H,48,50)(H,49,51)(H,52,56)/t29-,30+,41?,46-/m1/s1. The predicted molar refractivity (Wildman–Crippen MR) is 242 cm³/mol. The minimum absolute atomic E-state index is 0.0118. The number of nitrogens with one attached hydrogen (secondary N) is 3. The molecule has 2 saturated heterocycles. The fourth-order valence-electron chi connectivity index (χ4n) is 10.7. The Kier molecular flexibility index (Phi) is 11.0. The molecule has 330 valence electrons. The fourth-order valence-corrected chi connectivity index (χ4v) is 12.3. The quantitative estimate of drug-likeness (QED) is 0.0802. The van der Waals surface area contributed by atoms with Crippen LogP contribution in [0.3, 0.4) is 0 Å². The first kappa shape index (κ1) is 41.9. The molecule has 2 aliphatic heterocycles. The Hall–Kier alpha value is -5.10. The third-order valence-corrected chi connectivity index (χ3v) is 16.4. The second kappa shape index (κ2) is 16.5. The van der Waals surface area contributed by atoms with Gasteiger partial charge in [-0.2, -0.15) is 0 Å². The molecule has 3 aromatic heterocycles. The molecule has 1 spiro atoms. The molecule has 15 nitrogen and oxygen atoms in total. The lowest BCUT2D eigenvalue weighted by atomic mass is 9.59. The molecule has 2 atom stereocenters. The molecule has 3 N–H and O–H groups in total. The molecule has 5 aliphatic rings. The molecule has 10 rings (SSSR count). The van der Waals surface area contributed by atoms with Crippen LogP contribution in [0.25, 0.3) is 11.0 Å². The average Bonchev–Trinajstić information content (AvgIpc) is 3.84. The molecular formula is C46H51BrN8O7S. The highest BCUT2D eigenvalue weighted by atomic mass is 79.9. The Morgan fingerprint density at radius 2 is 1.81 bits per heavy atom. The van der Waals surface area contributed by atoms with E-state index < -0.39 is 31.4 Å². The molecule has 3 saturated carbocycles. The van der Waals surface area contributed by atoms with Crippen molar-refractivity contribution in [3.8, 4) is 11.5 Å². The van der Waals surface area contributed by atoms with Crippen molar-refractivity contribution in [3.63, 3.8) is 0 Å². The van der Waals surface area contributed by atoms with Crippen LogP contribution in [0.1, 0.15) is 80.6 Å². The van der Waals surface area contributed by atoms with Gasteiger partial charge < -0.3 is 24.7 Å². The van der Waals surface area contributed by atoms with Crippen molar-refractivity contribution >= 4 is 60.1 Å². The van der Waals surface area contributed by atoms with Gasteiger partial charge >= 0.3 is 5.69 Å². The van der Waals surface area contributed by atoms with E-state index in [1.807, 2.05) is 12.1 Å². The number of aromatic amines is 1. The van der Waals surface area contributed by atoms with Gasteiger partial charge in [0, 0.05) is 72.5 Å². The summed E-state index contributed by atoms with van der Waals surface area (Å²) in [5, 5.41) is 16.0. The molecule has 0 bridgehead atoms. The molecule has 3 aliphatic carbocycles. The second-order valence-corrected chi connectivity index (χ2v) is 20.9. The van der Waals surface area contributed by atoms with E-state index in [1.165, 1.54) is 11.8 Å². The zero-order chi connectivity index (χ0) is 43.5. The number of hydrogen-bond donors (Lipinski definition) is 3. The van der Waals surface area contributed by atoms with Crippen molar-refractivity contribution < 1.29 is 27.6 Å². The van der Waals surface area contributed by atoms with Crippen molar-refractivity contribution in [1.29, 1.82) is 0 Å². The SMILES string of the molecule is C[C@H]1CC[C@@H](CNc2ncc(S(=O)(=O)NC(=O)c3ccc(N4CCC5(CC4)CC(N4CCOC6C[C@@]64c4ccccc4Br)C5)cc3Oc3cnc4[nH]ccc4c3)cc2[N+](=O)[O-])CC1. The van der Waals surface area contributed by atoms with Crippen LogP contribution in [-0.2, 0) is 20.3 Å². The van der Waals surface area contributed by atoms with Gasteiger partial charge in [0.25, 0.3) is 15.9 Å². The van der Waals surface area contributed by atoms with E-state index in [2.05, 4.69) is 81.9 Å². The fraction of sp³-hybridized carbons (Fsp3) is 0.457. The number of rotatable bonds is 12. The normalized spacial score (nSPS) is 24.7. The third-order valence-electron chi connectivity index (χ3n) is 14.4. The minimum atomic E-state index is -4.60. The predicted octanol–water partition coefficient (Wildman–Crippen LogP) is 8.53. The summed E-state index contributed by atoms with van der Waals surface area (Å²) in [4.78, 5) is 41.6. The van der Waals surface area contributed by atoms with Crippen molar-refractivity contribution in [2.24, 2.45) is 17.3 Å². The van der Waals surface area contributed by atoms with E-state index >= 15 is 0 Å². The Bertz CT molecular complexity index is 2670. The van der Waals surface area contributed by atoms with Crippen LogP contribution in [0.2, 0.25) is 0 Å². The van der Waals surface area contributed by atoms with E-state index in [1.54, 1.807) is 24.4 Å². The van der Waals surface area contributed by atoms with Gasteiger partial charge in [0.2, 0.25) is 5.82 Å². The number of halogens is 1. The number of nitrogens with zero attached hydrogens (tertiary/aromatic N) is 5. The number of nitro groups is 1. The first-order valence-electron chi connectivity index (χ1n) is 22.0. The summed E-state index contributed by atoms with van der Waals surface area (Å²) < 4.78 is 43.2. The summed E-state index contributed by atoms with van der Waals surface area (Å²) >= 11 is 3.82. The van der Waals surface area contributed by atoms with Crippen molar-refractivity contribution in [2.75, 3.05) is 43.0 Å². The number of amides is 1. The molecule has 1 unspecified atom stereocenters. The number of carbonyl (C=O) groups is 1. The summed E-state index contributed by atoms with van der Waals surface area (Å²) in [6.07, 6.45) is 14.1. The lowest BCUT2D eigenvalue weighted by Crippen LogP contribution is -2.60. The molecule has 63 heavy (non-hydrogen) atoms. The first-order valence-corrected chi connectivity index (χ1v) is 24.3. The number of anilines is 2. The van der Waals surface area contributed by atoms with Crippen LogP contribution >= 0.6 is 15.9 Å². The molecule has 17 heteroatoms. The molecule has 5 heterocycles. The summed E-state index contributed by atoms with van der Waals surface area (Å²) in [5.74, 6) is 0.545. The average molecular weight is 940 g/mol. The molecule has 2 aromatic carbocycles. The van der Waals surface area contributed by atoms with Gasteiger partial charge in [-0.15, -0.1) is 0 Å². The molecule has 0 radical (unpaired) electrons. The van der Waals surface area contributed by atoms with E-state index in [0.717, 1.165) is 112 Å². The number of morpholine rings is 1. The van der Waals surface area contributed by atoms with E-state index in [0.29, 0.717) is 35.8 Å². The number of carbonyl (C=O) groups excluding carboxylic acids is 1. The molecule has 5 fully saturated rings. The number of pyridine rings is 2. The van der Waals surface area contributed by atoms with Gasteiger partial charge in [-0.3, -0.25) is 19.8 Å². The number of sulfonamides is 1. The van der Waals surface area contributed by atoms with Crippen LogP contribution < -0.4 is 19.7 Å². The maximum absolute atomic E-state index is 14.0. The van der Waals surface area contributed by atoms with E-state index in [4.69, 9.17) is 9.47 Å². The largest absolute Gasteiger partial charge is 0.455 e. The van der Waals surface area contributed by atoms with Crippen molar-refractivity contribution in [2.45, 2.75) is 87.3 Å². The van der Waals surface area contributed by atoms with Crippen molar-refractivity contribution in [3.05, 3.63) is 105 Å². The number of piperidine rings is 1. The van der Waals surface area contributed by atoms with Gasteiger partial charge in [-0.05, 0) is 91.7 Å². The Morgan fingerprint density at radius 1 is 1.02 bits per heavy atom. The van der Waals surface area contributed by atoms with Crippen LogP contribution in [0.15, 0.2) is 88.6 Å². The highest BCUT2D eigenvalue weighted by Gasteiger charge is 2.66. The topological polar surface area (TPSA) is 185 Å². The highest BCUT2D eigenvalue weighted by Crippen LogP contribution is 2.62. The summed E-state index contributed by atoms with van der Waals surface area (Å²) in [6, 6.07) is 18.8. The lowest BCUT2D eigenvalue weighted by Gasteiger charge is -2.58. The number of ether oxygens (including phenoxy) is 2. The van der Waals surface area contributed by atoms with E-state index in [9.17, 15) is 23.3 Å². The smallest absolute Gasteiger partial charge is 0.312 e. The van der Waals surface area contributed by atoms with Gasteiger partial charge in [-0.1, -0.05) is 53.9 Å². The highest BCUT2D eigenvalue weighted by molar-refractivity contribution is 9.10. The monoisotopic (exact) mass is 938 g/mol. The number of aromatic nitrogens is 3. The van der Waals surface area contributed by atoms with Crippen LogP contribution in [0, 0.1) is 27.4 Å². The molecule has 5 aromatic rings. The lowest BCUT2D eigenvalue weighted by molar-refractivity contribution is -0.384.